The van der Waals surface area contributed by atoms with Gasteiger partial charge in [-0.15, -0.1) is 0 Å². The lowest BCUT2D eigenvalue weighted by molar-refractivity contribution is 0.0705. The number of aromatic nitrogens is 1. The van der Waals surface area contributed by atoms with Crippen molar-refractivity contribution >= 4 is 5.91 Å². The summed E-state index contributed by atoms with van der Waals surface area (Å²) in [7, 11) is 0. The molecule has 1 fully saturated rings. The molecule has 1 aliphatic carbocycles. The quantitative estimate of drug-likeness (QED) is 0.850. The van der Waals surface area contributed by atoms with E-state index in [4.69, 9.17) is 4.74 Å². The van der Waals surface area contributed by atoms with Gasteiger partial charge in [-0.2, -0.15) is 0 Å². The Hall–Kier alpha value is -2.40. The first-order valence-corrected chi connectivity index (χ1v) is 8.33. The molecule has 1 saturated carbocycles. The van der Waals surface area contributed by atoms with E-state index in [1.165, 1.54) is 6.42 Å². The van der Waals surface area contributed by atoms with Crippen molar-refractivity contribution in [1.82, 2.24) is 9.88 Å². The van der Waals surface area contributed by atoms with Gasteiger partial charge in [0.05, 0.1) is 6.61 Å². The Morgan fingerprint density at radius 1 is 1.25 bits per heavy atom. The molecule has 0 bridgehead atoms. The first kappa shape index (κ1) is 16.5. The molecule has 1 amide bonds. The monoisotopic (exact) mass is 326 g/mol. The predicted octanol–water partition coefficient (Wildman–Crippen LogP) is 2.65. The van der Waals surface area contributed by atoms with Crippen LogP contribution in [0.4, 0.5) is 0 Å². The normalized spacial score (nSPS) is 14.0. The number of carbonyl (C=O) groups excluding carboxylic acids is 1. The van der Waals surface area contributed by atoms with Gasteiger partial charge in [-0.3, -0.25) is 4.79 Å². The van der Waals surface area contributed by atoms with Crippen LogP contribution in [0.5, 0.6) is 5.88 Å². The number of carbonyl (C=O) groups is 1. The van der Waals surface area contributed by atoms with E-state index in [2.05, 4.69) is 4.98 Å². The maximum Gasteiger partial charge on any atom is 0.254 e. The molecule has 5 heteroatoms. The summed E-state index contributed by atoms with van der Waals surface area (Å²) in [5, 5.41) is 9.29. The Bertz CT molecular complexity index is 671. The number of nitrogens with zero attached hydrogens (tertiary/aromatic N) is 2. The fraction of sp³-hybridized carbons (Fsp3) is 0.368. The number of ether oxygens (including phenoxy) is 1. The topological polar surface area (TPSA) is 62.7 Å². The number of aliphatic hydroxyl groups is 1. The van der Waals surface area contributed by atoms with Crippen molar-refractivity contribution in [3.05, 3.63) is 59.8 Å². The Kier molecular flexibility index (Phi) is 5.43. The van der Waals surface area contributed by atoms with E-state index in [9.17, 15) is 9.90 Å². The highest BCUT2D eigenvalue weighted by Gasteiger charge is 2.21. The van der Waals surface area contributed by atoms with Crippen LogP contribution in [0, 0.1) is 0 Å². The van der Waals surface area contributed by atoms with E-state index in [0.29, 0.717) is 18.0 Å². The lowest BCUT2D eigenvalue weighted by Gasteiger charge is -2.26. The highest BCUT2D eigenvalue weighted by atomic mass is 16.5. The number of amides is 1. The summed E-state index contributed by atoms with van der Waals surface area (Å²) in [4.78, 5) is 18.6. The zero-order valence-electron chi connectivity index (χ0n) is 13.6. The van der Waals surface area contributed by atoms with Gasteiger partial charge in [0, 0.05) is 30.9 Å². The van der Waals surface area contributed by atoms with Crippen LogP contribution in [0.3, 0.4) is 0 Å². The molecule has 0 aliphatic heterocycles. The highest BCUT2D eigenvalue weighted by Crippen LogP contribution is 2.24. The number of hydrogen-bond acceptors (Lipinski definition) is 4. The van der Waals surface area contributed by atoms with Gasteiger partial charge in [0.25, 0.3) is 5.91 Å². The van der Waals surface area contributed by atoms with E-state index in [-0.39, 0.29) is 25.2 Å². The van der Waals surface area contributed by atoms with Crippen LogP contribution < -0.4 is 4.74 Å². The van der Waals surface area contributed by atoms with Gasteiger partial charge in [0.2, 0.25) is 5.88 Å². The minimum atomic E-state index is -0.131. The molecular formula is C19H22N2O3. The van der Waals surface area contributed by atoms with Crippen molar-refractivity contribution < 1.29 is 14.6 Å². The SMILES string of the molecule is O=C(c1ccnc(OC2CCC2)c1)N(CCO)Cc1ccccc1. The minimum absolute atomic E-state index is 0.0743. The number of pyridine rings is 1. The maximum atomic E-state index is 12.8. The minimum Gasteiger partial charge on any atom is -0.474 e. The molecule has 5 nitrogen and oxygen atoms in total. The third kappa shape index (κ3) is 4.11. The summed E-state index contributed by atoms with van der Waals surface area (Å²) in [5.74, 6) is 0.364. The largest absolute Gasteiger partial charge is 0.474 e. The van der Waals surface area contributed by atoms with Crippen LogP contribution in [-0.2, 0) is 6.54 Å². The molecule has 3 rings (SSSR count). The second-order valence-electron chi connectivity index (χ2n) is 5.99. The van der Waals surface area contributed by atoms with Crippen LogP contribution >= 0.6 is 0 Å². The maximum absolute atomic E-state index is 12.8. The number of hydrogen-bond donors (Lipinski definition) is 1. The molecular weight excluding hydrogens is 304 g/mol. The van der Waals surface area contributed by atoms with Crippen molar-refractivity contribution in [1.29, 1.82) is 0 Å². The van der Waals surface area contributed by atoms with Gasteiger partial charge in [-0.25, -0.2) is 4.98 Å². The van der Waals surface area contributed by atoms with E-state index >= 15 is 0 Å². The zero-order chi connectivity index (χ0) is 16.8. The summed E-state index contributed by atoms with van der Waals surface area (Å²) in [5.41, 5.74) is 1.56. The Morgan fingerprint density at radius 2 is 2.04 bits per heavy atom. The fourth-order valence-corrected chi connectivity index (χ4v) is 2.63. The average Bonchev–Trinajstić information content (AvgIpc) is 2.58. The Labute approximate surface area is 141 Å². The van der Waals surface area contributed by atoms with Crippen LogP contribution in [-0.4, -0.2) is 40.2 Å². The van der Waals surface area contributed by atoms with Crippen LogP contribution in [0.2, 0.25) is 0 Å². The standard InChI is InChI=1S/C19H22N2O3/c22-12-11-21(14-15-5-2-1-3-6-15)19(23)16-9-10-20-18(13-16)24-17-7-4-8-17/h1-3,5-6,9-10,13,17,22H,4,7-8,11-12,14H2. The molecule has 0 saturated heterocycles. The van der Waals surface area contributed by atoms with Crippen LogP contribution in [0.25, 0.3) is 0 Å². The first-order valence-electron chi connectivity index (χ1n) is 8.33. The molecule has 1 N–H and O–H groups in total. The molecule has 0 radical (unpaired) electrons. The molecule has 1 aliphatic rings. The molecule has 0 unspecified atom stereocenters. The van der Waals surface area contributed by atoms with E-state index in [0.717, 1.165) is 18.4 Å². The van der Waals surface area contributed by atoms with Gasteiger partial charge in [0.15, 0.2) is 0 Å². The summed E-state index contributed by atoms with van der Waals surface area (Å²) < 4.78 is 5.77. The second-order valence-corrected chi connectivity index (χ2v) is 5.99. The average molecular weight is 326 g/mol. The third-order valence-corrected chi connectivity index (χ3v) is 4.19. The smallest absolute Gasteiger partial charge is 0.254 e. The van der Waals surface area contributed by atoms with Crippen molar-refractivity contribution in [3.63, 3.8) is 0 Å². The van der Waals surface area contributed by atoms with Gasteiger partial charge in [-0.05, 0) is 30.9 Å². The fourth-order valence-electron chi connectivity index (χ4n) is 2.63. The number of aliphatic hydroxyl groups excluding tert-OH is 1. The lowest BCUT2D eigenvalue weighted by Crippen LogP contribution is -2.33. The number of benzene rings is 1. The summed E-state index contributed by atoms with van der Waals surface area (Å²) in [6.45, 7) is 0.672. The first-order chi connectivity index (χ1) is 11.8. The van der Waals surface area contributed by atoms with Gasteiger partial charge in [0.1, 0.15) is 6.10 Å². The van der Waals surface area contributed by atoms with Crippen LogP contribution in [0.1, 0.15) is 35.2 Å². The van der Waals surface area contributed by atoms with Crippen LogP contribution in [0.15, 0.2) is 48.7 Å². The zero-order valence-corrected chi connectivity index (χ0v) is 13.6. The molecule has 0 spiro atoms. The Morgan fingerprint density at radius 3 is 2.71 bits per heavy atom. The van der Waals surface area contributed by atoms with E-state index in [1.54, 1.807) is 23.2 Å². The molecule has 24 heavy (non-hydrogen) atoms. The second kappa shape index (κ2) is 7.93. The number of rotatable bonds is 7. The summed E-state index contributed by atoms with van der Waals surface area (Å²) in [6.07, 6.45) is 5.10. The van der Waals surface area contributed by atoms with Gasteiger partial charge < -0.3 is 14.7 Å². The molecule has 0 atom stereocenters. The van der Waals surface area contributed by atoms with Gasteiger partial charge in [-0.1, -0.05) is 30.3 Å². The van der Waals surface area contributed by atoms with E-state index < -0.39 is 0 Å². The Balaban J connectivity index is 1.72. The molecule has 2 aromatic rings. The lowest BCUT2D eigenvalue weighted by atomic mass is 9.96. The van der Waals surface area contributed by atoms with Crippen molar-refractivity contribution in [3.8, 4) is 5.88 Å². The summed E-state index contributed by atoms with van der Waals surface area (Å²) >= 11 is 0. The highest BCUT2D eigenvalue weighted by molar-refractivity contribution is 5.94. The predicted molar refractivity (Wildman–Crippen MR) is 90.8 cm³/mol. The van der Waals surface area contributed by atoms with Gasteiger partial charge >= 0.3 is 0 Å². The van der Waals surface area contributed by atoms with Crippen molar-refractivity contribution in [2.75, 3.05) is 13.2 Å². The summed E-state index contributed by atoms with van der Waals surface area (Å²) in [6, 6.07) is 13.1. The molecule has 1 aromatic heterocycles. The molecule has 1 heterocycles. The van der Waals surface area contributed by atoms with Crippen molar-refractivity contribution in [2.24, 2.45) is 0 Å². The van der Waals surface area contributed by atoms with E-state index in [1.807, 2.05) is 30.3 Å². The third-order valence-electron chi connectivity index (χ3n) is 4.19. The molecule has 1 aromatic carbocycles. The van der Waals surface area contributed by atoms with Crippen molar-refractivity contribution in [2.45, 2.75) is 31.9 Å². The molecule has 126 valence electrons.